The Morgan fingerprint density at radius 1 is 1.04 bits per heavy atom. The van der Waals surface area contributed by atoms with Crippen LogP contribution in [0.25, 0.3) is 11.1 Å². The van der Waals surface area contributed by atoms with Gasteiger partial charge in [-0.15, -0.1) is 0 Å². The molecule has 1 unspecified atom stereocenters. The SMILES string of the molecule is OC1(C(F)(F)F)CC(c2ccc(-c3ccc(Cl)nc3)cc2)=NO1. The van der Waals surface area contributed by atoms with Crippen LogP contribution < -0.4 is 0 Å². The van der Waals surface area contributed by atoms with Gasteiger partial charge in [0.15, 0.2) is 0 Å². The Morgan fingerprint density at radius 2 is 1.65 bits per heavy atom. The number of hydrogen-bond donors (Lipinski definition) is 1. The monoisotopic (exact) mass is 342 g/mol. The molecule has 23 heavy (non-hydrogen) atoms. The van der Waals surface area contributed by atoms with Crippen molar-refractivity contribution in [3.8, 4) is 11.1 Å². The lowest BCUT2D eigenvalue weighted by molar-refractivity contribution is -0.355. The Kier molecular flexibility index (Phi) is 3.77. The normalized spacial score (nSPS) is 21.0. The van der Waals surface area contributed by atoms with Gasteiger partial charge in [0, 0.05) is 11.8 Å². The van der Waals surface area contributed by atoms with E-state index < -0.39 is 18.4 Å². The van der Waals surface area contributed by atoms with E-state index in [0.717, 1.165) is 11.1 Å². The summed E-state index contributed by atoms with van der Waals surface area (Å²) in [4.78, 5) is 8.16. The molecule has 1 aromatic carbocycles. The van der Waals surface area contributed by atoms with Gasteiger partial charge >= 0.3 is 12.0 Å². The molecule has 0 bridgehead atoms. The Morgan fingerprint density at radius 3 is 2.17 bits per heavy atom. The second kappa shape index (κ2) is 5.50. The minimum absolute atomic E-state index is 0.0330. The number of hydrogen-bond acceptors (Lipinski definition) is 4. The van der Waals surface area contributed by atoms with Gasteiger partial charge in [-0.3, -0.25) is 0 Å². The maximum atomic E-state index is 12.7. The van der Waals surface area contributed by atoms with Crippen molar-refractivity contribution >= 4 is 17.3 Å². The third-order valence-electron chi connectivity index (χ3n) is 3.44. The van der Waals surface area contributed by atoms with E-state index in [9.17, 15) is 18.3 Å². The van der Waals surface area contributed by atoms with Gasteiger partial charge in [0.2, 0.25) is 0 Å². The van der Waals surface area contributed by atoms with Crippen LogP contribution >= 0.6 is 11.6 Å². The first kappa shape index (κ1) is 15.8. The molecular weight excluding hydrogens is 333 g/mol. The third-order valence-corrected chi connectivity index (χ3v) is 3.66. The molecule has 0 spiro atoms. The van der Waals surface area contributed by atoms with Gasteiger partial charge < -0.3 is 9.94 Å². The second-order valence-corrected chi connectivity index (χ2v) is 5.42. The quantitative estimate of drug-likeness (QED) is 0.845. The molecule has 120 valence electrons. The summed E-state index contributed by atoms with van der Waals surface area (Å²) in [5.74, 6) is -3.26. The summed E-state index contributed by atoms with van der Waals surface area (Å²) in [5, 5.41) is 13.2. The number of aromatic nitrogens is 1. The fourth-order valence-electron chi connectivity index (χ4n) is 2.13. The molecule has 0 aliphatic carbocycles. The average molecular weight is 343 g/mol. The largest absolute Gasteiger partial charge is 0.458 e. The molecule has 1 atom stereocenters. The molecule has 1 aliphatic rings. The number of alkyl halides is 3. The van der Waals surface area contributed by atoms with Crippen LogP contribution in [-0.4, -0.2) is 27.8 Å². The first-order valence-electron chi connectivity index (χ1n) is 6.55. The Balaban J connectivity index is 1.80. The molecule has 1 N–H and O–H groups in total. The molecule has 8 heteroatoms. The van der Waals surface area contributed by atoms with Crippen LogP contribution in [0.4, 0.5) is 13.2 Å². The number of rotatable bonds is 2. The summed E-state index contributed by atoms with van der Waals surface area (Å²) >= 11 is 5.72. The van der Waals surface area contributed by atoms with Crippen LogP contribution in [0.2, 0.25) is 5.15 Å². The van der Waals surface area contributed by atoms with Gasteiger partial charge in [-0.2, -0.15) is 13.2 Å². The molecule has 0 saturated carbocycles. The number of oxime groups is 1. The number of halogens is 4. The van der Waals surface area contributed by atoms with E-state index in [1.807, 2.05) is 0 Å². The van der Waals surface area contributed by atoms with Crippen LogP contribution in [-0.2, 0) is 4.84 Å². The van der Waals surface area contributed by atoms with Crippen LogP contribution in [0.3, 0.4) is 0 Å². The van der Waals surface area contributed by atoms with Gasteiger partial charge in [-0.1, -0.05) is 41.0 Å². The van der Waals surface area contributed by atoms with Gasteiger partial charge in [0.25, 0.3) is 0 Å². The average Bonchev–Trinajstić information content (AvgIpc) is 2.92. The summed E-state index contributed by atoms with van der Waals surface area (Å²) in [6.45, 7) is 0. The molecule has 4 nitrogen and oxygen atoms in total. The highest BCUT2D eigenvalue weighted by Crippen LogP contribution is 2.39. The lowest BCUT2D eigenvalue weighted by Gasteiger charge is -2.22. The van der Waals surface area contributed by atoms with E-state index >= 15 is 0 Å². The van der Waals surface area contributed by atoms with Crippen LogP contribution in [0.5, 0.6) is 0 Å². The van der Waals surface area contributed by atoms with Crippen molar-refractivity contribution in [3.63, 3.8) is 0 Å². The first-order chi connectivity index (χ1) is 10.8. The maximum Gasteiger partial charge on any atom is 0.458 e. The zero-order chi connectivity index (χ0) is 16.7. The van der Waals surface area contributed by atoms with Gasteiger partial charge in [-0.05, 0) is 23.3 Å². The fraction of sp³-hybridized carbons (Fsp3) is 0.200. The molecule has 0 amide bonds. The van der Waals surface area contributed by atoms with Crippen molar-refractivity contribution in [3.05, 3.63) is 53.3 Å². The standard InChI is InChI=1S/C15H10ClF3N2O2/c16-13-6-5-11(8-20-13)9-1-3-10(4-2-9)12-7-14(22,23-21-12)15(17,18)19/h1-6,8,22H,7H2. The van der Waals surface area contributed by atoms with Crippen molar-refractivity contribution in [2.75, 3.05) is 0 Å². The summed E-state index contributed by atoms with van der Waals surface area (Å²) in [6, 6.07) is 10.1. The van der Waals surface area contributed by atoms with Gasteiger partial charge in [0.1, 0.15) is 5.15 Å². The minimum atomic E-state index is -4.91. The fourth-order valence-corrected chi connectivity index (χ4v) is 2.24. The number of aliphatic hydroxyl groups is 1. The van der Waals surface area contributed by atoms with E-state index in [4.69, 9.17) is 11.6 Å². The molecule has 0 radical (unpaired) electrons. The van der Waals surface area contributed by atoms with Crippen molar-refractivity contribution in [2.45, 2.75) is 18.4 Å². The molecule has 0 fully saturated rings. The van der Waals surface area contributed by atoms with Crippen LogP contribution in [0, 0.1) is 0 Å². The second-order valence-electron chi connectivity index (χ2n) is 5.04. The minimum Gasteiger partial charge on any atom is -0.350 e. The van der Waals surface area contributed by atoms with Crippen molar-refractivity contribution in [1.29, 1.82) is 0 Å². The highest BCUT2D eigenvalue weighted by Gasteiger charge is 2.60. The summed E-state index contributed by atoms with van der Waals surface area (Å²) < 4.78 is 38.1. The van der Waals surface area contributed by atoms with E-state index in [-0.39, 0.29) is 5.71 Å². The Hall–Kier alpha value is -2.12. The van der Waals surface area contributed by atoms with E-state index in [1.165, 1.54) is 0 Å². The highest BCUT2D eigenvalue weighted by molar-refractivity contribution is 6.29. The van der Waals surface area contributed by atoms with Crippen LogP contribution in [0.1, 0.15) is 12.0 Å². The molecule has 1 aliphatic heterocycles. The molecule has 2 aromatic rings. The number of nitrogens with zero attached hydrogens (tertiary/aromatic N) is 2. The summed E-state index contributed by atoms with van der Waals surface area (Å²) in [7, 11) is 0. The Bertz CT molecular complexity index is 745. The van der Waals surface area contributed by atoms with E-state index in [1.54, 1.807) is 42.6 Å². The highest BCUT2D eigenvalue weighted by atomic mass is 35.5. The number of pyridine rings is 1. The van der Waals surface area contributed by atoms with Crippen molar-refractivity contribution < 1.29 is 23.1 Å². The van der Waals surface area contributed by atoms with Crippen molar-refractivity contribution in [2.24, 2.45) is 5.16 Å². The van der Waals surface area contributed by atoms with E-state index in [0.29, 0.717) is 10.7 Å². The summed E-state index contributed by atoms with van der Waals surface area (Å²) in [6.07, 6.45) is -4.07. The smallest absolute Gasteiger partial charge is 0.350 e. The zero-order valence-electron chi connectivity index (χ0n) is 11.5. The number of benzene rings is 1. The van der Waals surface area contributed by atoms with Gasteiger partial charge in [0.05, 0.1) is 12.1 Å². The van der Waals surface area contributed by atoms with Crippen molar-refractivity contribution in [1.82, 2.24) is 4.98 Å². The Labute approximate surface area is 134 Å². The third kappa shape index (κ3) is 3.02. The molecule has 0 saturated heterocycles. The van der Waals surface area contributed by atoms with Gasteiger partial charge in [-0.25, -0.2) is 4.98 Å². The molecule has 2 heterocycles. The zero-order valence-corrected chi connectivity index (χ0v) is 12.3. The first-order valence-corrected chi connectivity index (χ1v) is 6.93. The van der Waals surface area contributed by atoms with E-state index in [2.05, 4.69) is 15.0 Å². The molecular formula is C15H10ClF3N2O2. The lowest BCUT2D eigenvalue weighted by Crippen LogP contribution is -2.45. The topological polar surface area (TPSA) is 54.7 Å². The molecule has 1 aromatic heterocycles. The maximum absolute atomic E-state index is 12.7. The predicted molar refractivity (Wildman–Crippen MR) is 77.9 cm³/mol. The summed E-state index contributed by atoms with van der Waals surface area (Å²) in [5.41, 5.74) is 2.11. The predicted octanol–water partition coefficient (Wildman–Crippen LogP) is 3.78. The molecule has 3 rings (SSSR count). The lowest BCUT2D eigenvalue weighted by atomic mass is 9.99. The van der Waals surface area contributed by atoms with Crippen LogP contribution in [0.15, 0.2) is 47.8 Å².